The van der Waals surface area contributed by atoms with Crippen LogP contribution in [0.1, 0.15) is 11.1 Å². The van der Waals surface area contributed by atoms with Gasteiger partial charge in [-0.2, -0.15) is 0 Å². The van der Waals surface area contributed by atoms with Gasteiger partial charge in [-0.1, -0.05) is 24.3 Å². The van der Waals surface area contributed by atoms with Crippen molar-refractivity contribution in [2.45, 2.75) is 0 Å². The Morgan fingerprint density at radius 2 is 1.74 bits per heavy atom. The Balaban J connectivity index is 2.01. The van der Waals surface area contributed by atoms with Gasteiger partial charge < -0.3 is 4.74 Å². The lowest BCUT2D eigenvalue weighted by Crippen LogP contribution is -1.91. The van der Waals surface area contributed by atoms with Crippen LogP contribution in [0, 0.1) is 0 Å². The molecule has 2 aromatic carbocycles. The Labute approximate surface area is 113 Å². The fraction of sp³-hybridized carbons (Fsp3) is 0.118. The monoisotopic (exact) mass is 250 g/mol. The summed E-state index contributed by atoms with van der Waals surface area (Å²) < 4.78 is 7.33. The number of hydrogen-bond acceptors (Lipinski definition) is 1. The lowest BCUT2D eigenvalue weighted by Gasteiger charge is -2.00. The minimum absolute atomic E-state index is 0.884. The Kier molecular flexibility index (Phi) is 2.92. The molecule has 0 spiro atoms. The predicted molar refractivity (Wildman–Crippen MR) is 79.2 cm³/mol. The highest BCUT2D eigenvalue weighted by atomic mass is 16.5. The molecule has 1 aliphatic heterocycles. The van der Waals surface area contributed by atoms with E-state index in [1.54, 1.807) is 7.11 Å². The third-order valence-corrected chi connectivity index (χ3v) is 3.37. The summed E-state index contributed by atoms with van der Waals surface area (Å²) >= 11 is 0. The van der Waals surface area contributed by atoms with Crippen molar-refractivity contribution in [3.8, 4) is 5.75 Å². The van der Waals surface area contributed by atoms with Crippen molar-refractivity contribution < 1.29 is 9.31 Å². The van der Waals surface area contributed by atoms with Crippen LogP contribution >= 0.6 is 0 Å². The molecule has 0 aromatic heterocycles. The van der Waals surface area contributed by atoms with Gasteiger partial charge in [0, 0.05) is 6.07 Å². The van der Waals surface area contributed by atoms with E-state index in [0.29, 0.717) is 0 Å². The van der Waals surface area contributed by atoms with Crippen LogP contribution in [-0.4, -0.2) is 24.9 Å². The number of nitrogens with zero attached hydrogens (tertiary/aromatic N) is 1. The van der Waals surface area contributed by atoms with E-state index in [0.717, 1.165) is 5.75 Å². The number of hydrogen-bond donors (Lipinski definition) is 0. The molecule has 94 valence electrons. The normalized spacial score (nSPS) is 15.3. The molecule has 0 saturated heterocycles. The van der Waals surface area contributed by atoms with Crippen molar-refractivity contribution in [3.63, 3.8) is 0 Å². The first-order chi connectivity index (χ1) is 9.28. The molecule has 0 N–H and O–H groups in total. The average molecular weight is 250 g/mol. The van der Waals surface area contributed by atoms with Gasteiger partial charge in [-0.05, 0) is 29.8 Å². The SMILES string of the molecule is COc1ccc(/C=C2/C=[N+](C)c3ccccc32)cc1. The summed E-state index contributed by atoms with van der Waals surface area (Å²) in [5.74, 6) is 0.884. The molecule has 3 rings (SSSR count). The van der Waals surface area contributed by atoms with Gasteiger partial charge in [0.15, 0.2) is 6.21 Å². The number of fused-ring (bicyclic) bond motifs is 1. The highest BCUT2D eigenvalue weighted by Gasteiger charge is 2.21. The minimum atomic E-state index is 0.884. The maximum absolute atomic E-state index is 5.18. The van der Waals surface area contributed by atoms with E-state index in [-0.39, 0.29) is 0 Å². The van der Waals surface area contributed by atoms with Gasteiger partial charge in [-0.3, -0.25) is 0 Å². The van der Waals surface area contributed by atoms with Crippen molar-refractivity contribution in [1.29, 1.82) is 0 Å². The highest BCUT2D eigenvalue weighted by Crippen LogP contribution is 2.31. The van der Waals surface area contributed by atoms with Crippen molar-refractivity contribution >= 4 is 23.6 Å². The quantitative estimate of drug-likeness (QED) is 0.742. The molecular formula is C17H16NO+. The lowest BCUT2D eigenvalue weighted by atomic mass is 10.0. The summed E-state index contributed by atoms with van der Waals surface area (Å²) in [7, 11) is 3.76. The molecule has 0 radical (unpaired) electrons. The molecule has 0 aliphatic carbocycles. The first kappa shape index (κ1) is 11.7. The van der Waals surface area contributed by atoms with Gasteiger partial charge in [0.25, 0.3) is 0 Å². The number of para-hydroxylation sites is 1. The van der Waals surface area contributed by atoms with Gasteiger partial charge in [-0.25, -0.2) is 4.58 Å². The first-order valence-electron chi connectivity index (χ1n) is 6.31. The zero-order valence-corrected chi connectivity index (χ0v) is 11.1. The zero-order chi connectivity index (χ0) is 13.2. The van der Waals surface area contributed by atoms with E-state index in [4.69, 9.17) is 4.74 Å². The van der Waals surface area contributed by atoms with Crippen molar-refractivity contribution in [3.05, 3.63) is 59.7 Å². The summed E-state index contributed by atoms with van der Waals surface area (Å²) in [6, 6.07) is 16.5. The second-order valence-electron chi connectivity index (χ2n) is 4.63. The second kappa shape index (κ2) is 4.73. The molecule has 0 saturated carbocycles. The van der Waals surface area contributed by atoms with Crippen LogP contribution in [0.4, 0.5) is 5.69 Å². The van der Waals surface area contributed by atoms with Crippen LogP contribution in [0.3, 0.4) is 0 Å². The van der Waals surface area contributed by atoms with Gasteiger partial charge in [-0.15, -0.1) is 0 Å². The third-order valence-electron chi connectivity index (χ3n) is 3.37. The molecule has 2 nitrogen and oxygen atoms in total. The van der Waals surface area contributed by atoms with E-state index >= 15 is 0 Å². The predicted octanol–water partition coefficient (Wildman–Crippen LogP) is 3.59. The number of methoxy groups -OCH3 is 1. The number of rotatable bonds is 2. The number of allylic oxidation sites excluding steroid dienone is 1. The molecule has 1 heterocycles. The maximum Gasteiger partial charge on any atom is 0.213 e. The summed E-state index contributed by atoms with van der Waals surface area (Å²) in [6.07, 6.45) is 4.36. The van der Waals surface area contributed by atoms with E-state index < -0.39 is 0 Å². The van der Waals surface area contributed by atoms with Crippen LogP contribution < -0.4 is 4.74 Å². The van der Waals surface area contributed by atoms with Crippen LogP contribution in [0.25, 0.3) is 11.6 Å². The van der Waals surface area contributed by atoms with Crippen molar-refractivity contribution in [2.24, 2.45) is 0 Å². The Morgan fingerprint density at radius 1 is 1.00 bits per heavy atom. The fourth-order valence-electron chi connectivity index (χ4n) is 2.37. The third kappa shape index (κ3) is 2.17. The van der Waals surface area contributed by atoms with Crippen molar-refractivity contribution in [2.75, 3.05) is 14.2 Å². The van der Waals surface area contributed by atoms with E-state index in [9.17, 15) is 0 Å². The Bertz CT molecular complexity index is 666. The topological polar surface area (TPSA) is 12.2 Å². The summed E-state index contributed by atoms with van der Waals surface area (Å²) in [6.45, 7) is 0. The van der Waals surface area contributed by atoms with E-state index in [2.05, 4.69) is 60.3 Å². The average Bonchev–Trinajstić information content (AvgIpc) is 2.77. The van der Waals surface area contributed by atoms with Crippen LogP contribution in [0.2, 0.25) is 0 Å². The largest absolute Gasteiger partial charge is 0.497 e. The van der Waals surface area contributed by atoms with Gasteiger partial charge >= 0.3 is 0 Å². The molecule has 0 bridgehead atoms. The molecule has 0 amide bonds. The van der Waals surface area contributed by atoms with Crippen LogP contribution in [0.15, 0.2) is 48.5 Å². The van der Waals surface area contributed by atoms with Crippen molar-refractivity contribution in [1.82, 2.24) is 0 Å². The molecule has 0 unspecified atom stereocenters. The molecule has 0 fully saturated rings. The fourth-order valence-corrected chi connectivity index (χ4v) is 2.37. The lowest BCUT2D eigenvalue weighted by molar-refractivity contribution is -0.395. The summed E-state index contributed by atoms with van der Waals surface area (Å²) in [5.41, 5.74) is 4.95. The van der Waals surface area contributed by atoms with E-state index in [1.165, 1.54) is 22.4 Å². The number of benzene rings is 2. The molecule has 2 heteroatoms. The van der Waals surface area contributed by atoms with Gasteiger partial charge in [0.05, 0.1) is 18.2 Å². The second-order valence-corrected chi connectivity index (χ2v) is 4.63. The zero-order valence-electron chi connectivity index (χ0n) is 11.1. The molecule has 0 atom stereocenters. The van der Waals surface area contributed by atoms with Gasteiger partial charge in [0.2, 0.25) is 5.69 Å². The molecule has 1 aliphatic rings. The van der Waals surface area contributed by atoms with E-state index in [1.807, 2.05) is 12.1 Å². The number of ether oxygens (including phenoxy) is 1. The molecule has 2 aromatic rings. The highest BCUT2D eigenvalue weighted by molar-refractivity contribution is 6.17. The smallest absolute Gasteiger partial charge is 0.213 e. The van der Waals surface area contributed by atoms with Gasteiger partial charge in [0.1, 0.15) is 12.8 Å². The van der Waals surface area contributed by atoms with Crippen LogP contribution in [-0.2, 0) is 0 Å². The summed E-state index contributed by atoms with van der Waals surface area (Å²) in [4.78, 5) is 0. The maximum atomic E-state index is 5.18. The standard InChI is InChI=1S/C17H16NO/c1-18-12-14(16-5-3-4-6-17(16)18)11-13-7-9-15(19-2)10-8-13/h3-12H,1-2H3/q+1/b14-11-. The minimum Gasteiger partial charge on any atom is -0.497 e. The Morgan fingerprint density at radius 3 is 2.47 bits per heavy atom. The first-order valence-corrected chi connectivity index (χ1v) is 6.31. The van der Waals surface area contributed by atoms with Crippen LogP contribution in [0.5, 0.6) is 5.75 Å². The molecule has 19 heavy (non-hydrogen) atoms. The molecular weight excluding hydrogens is 234 g/mol. The summed E-state index contributed by atoms with van der Waals surface area (Å²) in [5, 5.41) is 0. The Hall–Kier alpha value is -2.35.